The molecule has 0 aliphatic heterocycles. The molecule has 3 nitrogen and oxygen atoms in total. The predicted octanol–water partition coefficient (Wildman–Crippen LogP) is 1.17. The van der Waals surface area contributed by atoms with E-state index in [-0.39, 0.29) is 30.2 Å². The Bertz CT molecular complexity index is 182. The van der Waals surface area contributed by atoms with Gasteiger partial charge < -0.3 is 0 Å². The Labute approximate surface area is 83.6 Å². The maximum atomic E-state index is 8.12. The van der Waals surface area contributed by atoms with E-state index in [1.54, 1.807) is 0 Å². The molecule has 0 unspecified atom stereocenters. The van der Waals surface area contributed by atoms with Crippen molar-refractivity contribution < 1.29 is 5.34 Å². The van der Waals surface area contributed by atoms with E-state index in [0.717, 1.165) is 0 Å². The molecule has 0 aliphatic carbocycles. The normalized spacial score (nSPS) is 6.08. The fraction of sp³-hybridized carbons (Fsp3) is 0.143. The summed E-state index contributed by atoms with van der Waals surface area (Å²) in [5.41, 5.74) is 1.32. The van der Waals surface area contributed by atoms with Gasteiger partial charge in [0.25, 0.3) is 0 Å². The van der Waals surface area contributed by atoms with Gasteiger partial charge in [0.15, 0.2) is 0 Å². The number of aryl methyl sites for hydroxylation is 1. The van der Waals surface area contributed by atoms with E-state index in [0.29, 0.717) is 0 Å². The average molecular weight is 212 g/mol. The van der Waals surface area contributed by atoms with Crippen LogP contribution in [0.25, 0.3) is 0 Å². The summed E-state index contributed by atoms with van der Waals surface area (Å²) in [5.74, 6) is 0. The molecule has 0 saturated heterocycles. The highest BCUT2D eigenvalue weighted by Gasteiger charge is 1.72. The van der Waals surface area contributed by atoms with Crippen molar-refractivity contribution in [2.45, 2.75) is 6.92 Å². The van der Waals surface area contributed by atoms with Crippen LogP contribution in [0.15, 0.2) is 30.3 Å². The molecule has 0 bridgehead atoms. The SMILES string of the molecule is Cc1ccccc1.Cl.Cl.O=[NH+][O-]. The fourth-order valence-corrected chi connectivity index (χ4v) is 0.534. The van der Waals surface area contributed by atoms with Crippen molar-refractivity contribution in [3.8, 4) is 0 Å². The smallest absolute Gasteiger partial charge is 0.00366 e. The van der Waals surface area contributed by atoms with Gasteiger partial charge in [-0.2, -0.15) is 0 Å². The molecule has 1 N–H and O–H groups in total. The van der Waals surface area contributed by atoms with Crippen molar-refractivity contribution in [2.75, 3.05) is 0 Å². The van der Waals surface area contributed by atoms with Crippen LogP contribution in [0.1, 0.15) is 5.56 Å². The van der Waals surface area contributed by atoms with Crippen molar-refractivity contribution in [2.24, 2.45) is 0 Å². The first kappa shape index (κ1) is 17.3. The van der Waals surface area contributed by atoms with Crippen LogP contribution in [0.4, 0.5) is 0 Å². The van der Waals surface area contributed by atoms with Crippen LogP contribution in [0.2, 0.25) is 0 Å². The summed E-state index contributed by atoms with van der Waals surface area (Å²) in [5, 5.41) is 8.38. The standard InChI is InChI=1S/C7H8.2ClH.HNO2/c1-7-5-3-2-4-6-7;;;2-1-3/h2-6H,1H3;2*1H;1H. The molecule has 0 amide bonds. The van der Waals surface area contributed by atoms with Crippen LogP contribution in [-0.2, 0) is 0 Å². The zero-order valence-electron chi connectivity index (χ0n) is 6.52. The average Bonchev–Trinajstić information content (AvgIpc) is 1.91. The van der Waals surface area contributed by atoms with E-state index < -0.39 is 0 Å². The molecule has 0 atom stereocenters. The van der Waals surface area contributed by atoms with Crippen molar-refractivity contribution in [3.05, 3.63) is 46.0 Å². The van der Waals surface area contributed by atoms with E-state index in [2.05, 4.69) is 19.1 Å². The second-order valence-corrected chi connectivity index (χ2v) is 1.74. The number of benzene rings is 1. The third-order valence-corrected chi connectivity index (χ3v) is 0.940. The first-order valence-electron chi connectivity index (χ1n) is 2.82. The molecule has 0 aliphatic rings. The summed E-state index contributed by atoms with van der Waals surface area (Å²) < 4.78 is 0. The van der Waals surface area contributed by atoms with Gasteiger partial charge >= 0.3 is 0 Å². The summed E-state index contributed by atoms with van der Waals surface area (Å²) in [6.45, 7) is 2.08. The lowest BCUT2D eigenvalue weighted by atomic mass is 10.2. The summed E-state index contributed by atoms with van der Waals surface area (Å²) in [4.78, 5) is 8.12. The molecule has 1 aromatic carbocycles. The maximum Gasteiger partial charge on any atom is 0.00366 e. The van der Waals surface area contributed by atoms with E-state index in [4.69, 9.17) is 10.1 Å². The van der Waals surface area contributed by atoms with Crippen molar-refractivity contribution in [1.29, 1.82) is 0 Å². The highest BCUT2D eigenvalue weighted by atomic mass is 35.5. The number of hydrogen-bond acceptors (Lipinski definition) is 2. The Kier molecular flexibility index (Phi) is 18.5. The van der Waals surface area contributed by atoms with Crippen LogP contribution < -0.4 is 5.34 Å². The van der Waals surface area contributed by atoms with Gasteiger partial charge in [-0.15, -0.1) is 24.8 Å². The zero-order chi connectivity index (χ0) is 7.82. The number of nitrogens with one attached hydrogen (secondary N) is 1. The molecule has 1 aromatic rings. The first-order chi connectivity index (χ1) is 4.81. The van der Waals surface area contributed by atoms with Crippen LogP contribution >= 0.6 is 24.8 Å². The molecular weight excluding hydrogens is 201 g/mol. The third kappa shape index (κ3) is 11.9. The topological polar surface area (TPSA) is 54.1 Å². The first-order valence-corrected chi connectivity index (χ1v) is 2.82. The molecule has 0 heterocycles. The molecule has 12 heavy (non-hydrogen) atoms. The molecular formula is C7H11Cl2NO2. The zero-order valence-corrected chi connectivity index (χ0v) is 8.15. The maximum absolute atomic E-state index is 8.12. The third-order valence-electron chi connectivity index (χ3n) is 0.940. The molecule has 5 heteroatoms. The van der Waals surface area contributed by atoms with Gasteiger partial charge in [-0.3, -0.25) is 10.1 Å². The van der Waals surface area contributed by atoms with Gasteiger partial charge in [-0.05, 0) is 6.92 Å². The second-order valence-electron chi connectivity index (χ2n) is 1.74. The van der Waals surface area contributed by atoms with Crippen LogP contribution in [0, 0.1) is 17.0 Å². The predicted molar refractivity (Wildman–Crippen MR) is 53.4 cm³/mol. The summed E-state index contributed by atoms with van der Waals surface area (Å²) in [6, 6.07) is 10.3. The van der Waals surface area contributed by atoms with Gasteiger partial charge in [-0.1, -0.05) is 35.9 Å². The number of hydrogen-bond donors (Lipinski definition) is 1. The Morgan fingerprint density at radius 2 is 1.50 bits per heavy atom. The molecule has 0 radical (unpaired) electrons. The summed E-state index contributed by atoms with van der Waals surface area (Å²) in [7, 11) is 0. The molecule has 1 rings (SSSR count). The van der Waals surface area contributed by atoms with Gasteiger partial charge in [0.1, 0.15) is 0 Å². The monoisotopic (exact) mass is 211 g/mol. The molecule has 0 saturated carbocycles. The quantitative estimate of drug-likeness (QED) is 0.518. The lowest BCUT2D eigenvalue weighted by molar-refractivity contribution is -0.398. The minimum absolute atomic E-state index is 0. The van der Waals surface area contributed by atoms with Crippen LogP contribution in [-0.4, -0.2) is 0 Å². The number of rotatable bonds is 0. The van der Waals surface area contributed by atoms with Gasteiger partial charge in [0, 0.05) is 5.34 Å². The lowest BCUT2D eigenvalue weighted by Gasteiger charge is -1.82. The van der Waals surface area contributed by atoms with Crippen LogP contribution in [0.3, 0.4) is 0 Å². The van der Waals surface area contributed by atoms with Gasteiger partial charge in [-0.25, -0.2) is 0 Å². The second kappa shape index (κ2) is 12.8. The Morgan fingerprint density at radius 1 is 1.17 bits per heavy atom. The highest BCUT2D eigenvalue weighted by Crippen LogP contribution is 1.92. The van der Waals surface area contributed by atoms with Crippen molar-refractivity contribution in [1.82, 2.24) is 0 Å². The fourth-order valence-electron chi connectivity index (χ4n) is 0.534. The summed E-state index contributed by atoms with van der Waals surface area (Å²) in [6.07, 6.45) is 0. The largest absolute Gasteiger partial charge is 0.267 e. The van der Waals surface area contributed by atoms with E-state index >= 15 is 0 Å². The van der Waals surface area contributed by atoms with Gasteiger partial charge in [0.05, 0.1) is 0 Å². The minimum Gasteiger partial charge on any atom is -0.267 e. The van der Waals surface area contributed by atoms with Gasteiger partial charge in [0.2, 0.25) is 0 Å². The minimum atomic E-state index is 0. The van der Waals surface area contributed by atoms with E-state index in [9.17, 15) is 0 Å². The van der Waals surface area contributed by atoms with E-state index in [1.165, 1.54) is 5.56 Å². The Morgan fingerprint density at radius 3 is 1.67 bits per heavy atom. The Balaban J connectivity index is -0.000000146. The molecule has 70 valence electrons. The van der Waals surface area contributed by atoms with E-state index in [1.807, 2.05) is 18.2 Å². The lowest BCUT2D eigenvalue weighted by Crippen LogP contribution is -2.53. The Hall–Kier alpha value is -0.800. The highest BCUT2D eigenvalue weighted by molar-refractivity contribution is 5.85. The number of halogens is 2. The molecule has 0 aromatic heterocycles. The summed E-state index contributed by atoms with van der Waals surface area (Å²) >= 11 is 0. The van der Waals surface area contributed by atoms with Crippen molar-refractivity contribution in [3.63, 3.8) is 0 Å². The van der Waals surface area contributed by atoms with Crippen LogP contribution in [0.5, 0.6) is 0 Å². The molecule has 0 spiro atoms. The van der Waals surface area contributed by atoms with Crippen molar-refractivity contribution >= 4 is 24.8 Å². The molecule has 0 fully saturated rings.